The van der Waals surface area contributed by atoms with E-state index in [4.69, 9.17) is 11.2 Å². The van der Waals surface area contributed by atoms with Gasteiger partial charge in [-0.15, -0.1) is 6.42 Å². The standard InChI is InChI=1S/C12H13FN2O6/c1-3-12(20)8(17)7(5(2)16)21-10(12)15-4-6(13)9(18)14-11(15)19/h1,4-5,7-8,10,16-17,20H,2H3,(H,14,18,19)/t5-,7+,8?,10+,12+/m0/s1. The minimum Gasteiger partial charge on any atom is -0.391 e. The number of halogens is 1. The lowest BCUT2D eigenvalue weighted by molar-refractivity contribution is -0.0887. The fourth-order valence-electron chi connectivity index (χ4n) is 2.17. The number of nitrogens with zero attached hydrogens (tertiary/aromatic N) is 1. The molecule has 5 atom stereocenters. The Kier molecular flexibility index (Phi) is 3.73. The highest BCUT2D eigenvalue weighted by Gasteiger charge is 2.57. The SMILES string of the molecule is C#C[C@@]1(O)C(O)[C@@H]([C@H](C)O)O[C@H]1n1cc(F)c(=O)[nH]c1=O. The van der Waals surface area contributed by atoms with E-state index in [2.05, 4.69) is 0 Å². The van der Waals surface area contributed by atoms with Gasteiger partial charge in [0.05, 0.1) is 12.3 Å². The van der Waals surface area contributed by atoms with Crippen molar-refractivity contribution in [3.63, 3.8) is 0 Å². The van der Waals surface area contributed by atoms with E-state index < -0.39 is 47.2 Å². The van der Waals surface area contributed by atoms with Gasteiger partial charge in [-0.1, -0.05) is 5.92 Å². The zero-order chi connectivity index (χ0) is 15.9. The van der Waals surface area contributed by atoms with Crippen molar-refractivity contribution < 1.29 is 24.4 Å². The molecule has 9 heteroatoms. The summed E-state index contributed by atoms with van der Waals surface area (Å²) in [6.45, 7) is 1.28. The lowest BCUT2D eigenvalue weighted by Gasteiger charge is -2.26. The van der Waals surface area contributed by atoms with Crippen molar-refractivity contribution in [2.24, 2.45) is 0 Å². The molecule has 1 unspecified atom stereocenters. The van der Waals surface area contributed by atoms with Crippen LogP contribution in [0.5, 0.6) is 0 Å². The summed E-state index contributed by atoms with van der Waals surface area (Å²) in [5.41, 5.74) is -4.71. The molecule has 0 aromatic carbocycles. The molecule has 2 heterocycles. The van der Waals surface area contributed by atoms with Crippen LogP contribution in [0.3, 0.4) is 0 Å². The molecule has 0 bridgehead atoms. The van der Waals surface area contributed by atoms with Gasteiger partial charge in [0, 0.05) is 0 Å². The van der Waals surface area contributed by atoms with Gasteiger partial charge >= 0.3 is 5.69 Å². The summed E-state index contributed by atoms with van der Waals surface area (Å²) in [6.07, 6.45) is -0.223. The van der Waals surface area contributed by atoms with Crippen LogP contribution in [0.2, 0.25) is 0 Å². The first-order valence-corrected chi connectivity index (χ1v) is 5.95. The number of aliphatic hydroxyl groups excluding tert-OH is 2. The summed E-state index contributed by atoms with van der Waals surface area (Å²) in [7, 11) is 0. The van der Waals surface area contributed by atoms with Crippen molar-refractivity contribution in [2.45, 2.75) is 37.1 Å². The van der Waals surface area contributed by atoms with E-state index in [1.54, 1.807) is 4.98 Å². The van der Waals surface area contributed by atoms with Crippen molar-refractivity contribution in [2.75, 3.05) is 0 Å². The van der Waals surface area contributed by atoms with E-state index in [0.717, 1.165) is 0 Å². The van der Waals surface area contributed by atoms with Crippen molar-refractivity contribution >= 4 is 0 Å². The lowest BCUT2D eigenvalue weighted by Crippen LogP contribution is -2.49. The number of H-pyrrole nitrogens is 1. The van der Waals surface area contributed by atoms with Crippen molar-refractivity contribution in [3.8, 4) is 12.3 Å². The number of rotatable bonds is 2. The third kappa shape index (κ3) is 2.28. The monoisotopic (exact) mass is 300 g/mol. The number of aromatic nitrogens is 2. The van der Waals surface area contributed by atoms with Crippen molar-refractivity contribution in [1.82, 2.24) is 9.55 Å². The average Bonchev–Trinajstić information content (AvgIpc) is 2.68. The van der Waals surface area contributed by atoms with Gasteiger partial charge in [-0.25, -0.2) is 4.79 Å². The highest BCUT2D eigenvalue weighted by molar-refractivity contribution is 5.20. The fourth-order valence-corrected chi connectivity index (χ4v) is 2.17. The summed E-state index contributed by atoms with van der Waals surface area (Å²) in [6, 6.07) is 0. The lowest BCUT2D eigenvalue weighted by atomic mass is 9.93. The smallest absolute Gasteiger partial charge is 0.330 e. The Morgan fingerprint density at radius 2 is 2.24 bits per heavy atom. The molecule has 1 aliphatic rings. The van der Waals surface area contributed by atoms with Gasteiger partial charge in [-0.2, -0.15) is 4.39 Å². The fraction of sp³-hybridized carbons (Fsp3) is 0.500. The van der Waals surface area contributed by atoms with Crippen LogP contribution in [0.25, 0.3) is 0 Å². The maximum atomic E-state index is 13.3. The molecule has 1 saturated heterocycles. The van der Waals surface area contributed by atoms with E-state index in [-0.39, 0.29) is 0 Å². The number of hydrogen-bond acceptors (Lipinski definition) is 6. The predicted octanol–water partition coefficient (Wildman–Crippen LogP) is -2.32. The van der Waals surface area contributed by atoms with Crippen LogP contribution in [0, 0.1) is 18.2 Å². The molecule has 1 aromatic heterocycles. The minimum atomic E-state index is -2.38. The maximum Gasteiger partial charge on any atom is 0.330 e. The molecular formula is C12H13FN2O6. The Morgan fingerprint density at radius 3 is 2.76 bits per heavy atom. The second kappa shape index (κ2) is 5.09. The van der Waals surface area contributed by atoms with Gasteiger partial charge < -0.3 is 20.1 Å². The summed E-state index contributed by atoms with van der Waals surface area (Å²) in [4.78, 5) is 24.4. The molecule has 0 radical (unpaired) electrons. The van der Waals surface area contributed by atoms with Crippen LogP contribution in [-0.2, 0) is 4.74 Å². The van der Waals surface area contributed by atoms with E-state index in [9.17, 15) is 29.3 Å². The molecule has 2 rings (SSSR count). The third-order valence-electron chi connectivity index (χ3n) is 3.31. The second-order valence-corrected chi connectivity index (χ2v) is 4.75. The Labute approximate surface area is 117 Å². The second-order valence-electron chi connectivity index (χ2n) is 4.75. The quantitative estimate of drug-likeness (QED) is 0.454. The molecule has 1 aliphatic heterocycles. The van der Waals surface area contributed by atoms with E-state index in [0.29, 0.717) is 10.8 Å². The molecule has 0 amide bonds. The van der Waals surface area contributed by atoms with E-state index in [1.807, 2.05) is 5.92 Å². The van der Waals surface area contributed by atoms with Gasteiger partial charge in [0.15, 0.2) is 11.8 Å². The molecule has 0 saturated carbocycles. The first-order valence-electron chi connectivity index (χ1n) is 5.95. The number of nitrogens with one attached hydrogen (secondary N) is 1. The van der Waals surface area contributed by atoms with E-state index >= 15 is 0 Å². The molecule has 114 valence electrons. The molecule has 1 aromatic rings. The van der Waals surface area contributed by atoms with Gasteiger partial charge in [0.2, 0.25) is 5.82 Å². The third-order valence-corrected chi connectivity index (χ3v) is 3.31. The van der Waals surface area contributed by atoms with Crippen LogP contribution >= 0.6 is 0 Å². The first kappa shape index (κ1) is 15.4. The highest BCUT2D eigenvalue weighted by atomic mass is 19.1. The molecule has 0 aliphatic carbocycles. The Hall–Kier alpha value is -1.99. The van der Waals surface area contributed by atoms with Crippen LogP contribution < -0.4 is 11.2 Å². The van der Waals surface area contributed by atoms with Crippen LogP contribution in [0.1, 0.15) is 13.2 Å². The van der Waals surface area contributed by atoms with Gasteiger partial charge in [0.25, 0.3) is 5.56 Å². The van der Waals surface area contributed by atoms with Crippen LogP contribution in [-0.4, -0.2) is 48.8 Å². The normalized spacial score (nSPS) is 33.6. The summed E-state index contributed by atoms with van der Waals surface area (Å²) in [5.74, 6) is 0.581. The van der Waals surface area contributed by atoms with Crippen LogP contribution in [0.4, 0.5) is 4.39 Å². The molecular weight excluding hydrogens is 287 g/mol. The zero-order valence-corrected chi connectivity index (χ0v) is 10.9. The molecule has 4 N–H and O–H groups in total. The predicted molar refractivity (Wildman–Crippen MR) is 66.7 cm³/mol. The summed E-state index contributed by atoms with van der Waals surface area (Å²) < 4.78 is 19.0. The number of terminal acetylenes is 1. The van der Waals surface area contributed by atoms with E-state index in [1.165, 1.54) is 6.92 Å². The Balaban J connectivity index is 2.58. The number of aromatic amines is 1. The maximum absolute atomic E-state index is 13.3. The largest absolute Gasteiger partial charge is 0.391 e. The summed E-state index contributed by atoms with van der Waals surface area (Å²) in [5, 5.41) is 29.8. The molecule has 8 nitrogen and oxygen atoms in total. The summed E-state index contributed by atoms with van der Waals surface area (Å²) >= 11 is 0. The number of aliphatic hydroxyl groups is 3. The minimum absolute atomic E-state index is 0.505. The number of hydrogen-bond donors (Lipinski definition) is 4. The number of ether oxygens (including phenoxy) is 1. The molecule has 21 heavy (non-hydrogen) atoms. The Bertz CT molecular complexity index is 705. The van der Waals surface area contributed by atoms with Crippen molar-refractivity contribution in [1.29, 1.82) is 0 Å². The van der Waals surface area contributed by atoms with Gasteiger partial charge in [-0.3, -0.25) is 14.3 Å². The topological polar surface area (TPSA) is 125 Å². The molecule has 0 spiro atoms. The van der Waals surface area contributed by atoms with Crippen LogP contribution in [0.15, 0.2) is 15.8 Å². The average molecular weight is 300 g/mol. The van der Waals surface area contributed by atoms with Crippen molar-refractivity contribution in [3.05, 3.63) is 32.9 Å². The Morgan fingerprint density at radius 1 is 1.62 bits per heavy atom. The zero-order valence-electron chi connectivity index (χ0n) is 10.9. The molecule has 1 fully saturated rings. The van der Waals surface area contributed by atoms with Gasteiger partial charge in [-0.05, 0) is 6.92 Å². The highest BCUT2D eigenvalue weighted by Crippen LogP contribution is 2.38. The first-order chi connectivity index (χ1) is 9.72. The van der Waals surface area contributed by atoms with Gasteiger partial charge in [0.1, 0.15) is 12.2 Å².